The van der Waals surface area contributed by atoms with Crippen LogP contribution in [0.4, 0.5) is 10.3 Å². The first-order chi connectivity index (χ1) is 10.8. The van der Waals surface area contributed by atoms with Crippen LogP contribution < -0.4 is 4.90 Å². The van der Waals surface area contributed by atoms with Gasteiger partial charge in [0.05, 0.1) is 18.5 Å². The van der Waals surface area contributed by atoms with Crippen LogP contribution >= 0.6 is 11.3 Å². The van der Waals surface area contributed by atoms with E-state index in [1.807, 2.05) is 26.3 Å². The highest BCUT2D eigenvalue weighted by molar-refractivity contribution is 7.08. The Bertz CT molecular complexity index is 775. The number of rotatable bonds is 3. The fourth-order valence-electron chi connectivity index (χ4n) is 2.53. The molecule has 1 saturated heterocycles. The summed E-state index contributed by atoms with van der Waals surface area (Å²) >= 11 is 1.62. The molecule has 1 aliphatic heterocycles. The third-order valence-electron chi connectivity index (χ3n) is 3.66. The summed E-state index contributed by atoms with van der Waals surface area (Å²) < 4.78 is 20.1. The van der Waals surface area contributed by atoms with Crippen LogP contribution in [0.15, 0.2) is 29.4 Å². The fourth-order valence-corrected chi connectivity index (χ4v) is 3.16. The van der Waals surface area contributed by atoms with Crippen LogP contribution in [-0.4, -0.2) is 52.0 Å². The lowest BCUT2D eigenvalue weighted by atomic mass is 10.3. The predicted molar refractivity (Wildman–Crippen MR) is 82.5 cm³/mol. The topological polar surface area (TPSA) is 56.1 Å². The Labute approximate surface area is 130 Å². The monoisotopic (exact) mass is 319 g/mol. The maximum Gasteiger partial charge on any atom is 0.227 e. The van der Waals surface area contributed by atoms with Gasteiger partial charge in [-0.25, -0.2) is 14.4 Å². The average Bonchev–Trinajstić information content (AvgIpc) is 3.23. The number of alkyl halides is 1. The maximum atomic E-state index is 12.8. The molecule has 0 aromatic carbocycles. The first-order valence-corrected chi connectivity index (χ1v) is 7.94. The first kappa shape index (κ1) is 13.6. The molecule has 1 unspecified atom stereocenters. The molecule has 3 aromatic heterocycles. The summed E-state index contributed by atoms with van der Waals surface area (Å²) in [5.74, 6) is 0.589. The van der Waals surface area contributed by atoms with Crippen LogP contribution in [-0.2, 0) is 4.74 Å². The Morgan fingerprint density at radius 2 is 2.36 bits per heavy atom. The molecule has 0 N–H and O–H groups in total. The smallest absolute Gasteiger partial charge is 0.227 e. The van der Waals surface area contributed by atoms with Gasteiger partial charge in [-0.05, 0) is 11.4 Å². The minimum Gasteiger partial charge on any atom is -0.372 e. The summed E-state index contributed by atoms with van der Waals surface area (Å²) in [6, 6.07) is 2.02. The fraction of sp³-hybridized carbons (Fsp3) is 0.357. The number of aromatic nitrogens is 4. The molecule has 1 fully saturated rings. The molecule has 1 atom stereocenters. The number of nitrogens with zero attached hydrogens (tertiary/aromatic N) is 5. The number of halogens is 1. The number of thiophene rings is 1. The molecule has 22 heavy (non-hydrogen) atoms. The van der Waals surface area contributed by atoms with Crippen molar-refractivity contribution in [3.63, 3.8) is 0 Å². The number of hydrogen-bond donors (Lipinski definition) is 0. The van der Waals surface area contributed by atoms with Crippen LogP contribution in [0.1, 0.15) is 0 Å². The molecule has 114 valence electrons. The van der Waals surface area contributed by atoms with E-state index >= 15 is 0 Å². The van der Waals surface area contributed by atoms with Gasteiger partial charge in [0.1, 0.15) is 24.6 Å². The third-order valence-corrected chi connectivity index (χ3v) is 4.33. The van der Waals surface area contributed by atoms with Crippen molar-refractivity contribution in [1.82, 2.24) is 19.5 Å². The molecule has 6 nitrogen and oxygen atoms in total. The summed E-state index contributed by atoms with van der Waals surface area (Å²) in [5.41, 5.74) is 2.53. The van der Waals surface area contributed by atoms with E-state index in [1.165, 1.54) is 0 Å². The number of ether oxygens (including phenoxy) is 1. The van der Waals surface area contributed by atoms with Gasteiger partial charge in [-0.1, -0.05) is 0 Å². The molecule has 4 heterocycles. The largest absolute Gasteiger partial charge is 0.372 e. The summed E-state index contributed by atoms with van der Waals surface area (Å²) in [6.07, 6.45) is 3.05. The highest BCUT2D eigenvalue weighted by Gasteiger charge is 2.23. The number of imidazole rings is 1. The maximum absolute atomic E-state index is 12.8. The Kier molecular flexibility index (Phi) is 3.47. The van der Waals surface area contributed by atoms with Crippen molar-refractivity contribution in [3.8, 4) is 5.69 Å². The van der Waals surface area contributed by atoms with E-state index in [1.54, 1.807) is 23.9 Å². The highest BCUT2D eigenvalue weighted by atomic mass is 32.1. The Morgan fingerprint density at radius 3 is 3.18 bits per heavy atom. The van der Waals surface area contributed by atoms with Crippen LogP contribution in [0.25, 0.3) is 16.9 Å². The minimum atomic E-state index is -0.494. The van der Waals surface area contributed by atoms with E-state index < -0.39 is 12.8 Å². The highest BCUT2D eigenvalue weighted by Crippen LogP contribution is 2.21. The van der Waals surface area contributed by atoms with Crippen molar-refractivity contribution in [1.29, 1.82) is 0 Å². The molecule has 0 amide bonds. The van der Waals surface area contributed by atoms with Gasteiger partial charge in [-0.3, -0.25) is 4.57 Å². The minimum absolute atomic E-state index is 0.408. The van der Waals surface area contributed by atoms with Gasteiger partial charge in [0.25, 0.3) is 0 Å². The second-order valence-electron chi connectivity index (χ2n) is 5.07. The lowest BCUT2D eigenvalue weighted by Gasteiger charge is -2.31. The Balaban J connectivity index is 1.72. The van der Waals surface area contributed by atoms with Crippen molar-refractivity contribution >= 4 is 28.4 Å². The molecule has 0 spiro atoms. The van der Waals surface area contributed by atoms with E-state index in [0.717, 1.165) is 16.9 Å². The lowest BCUT2D eigenvalue weighted by molar-refractivity contribution is 0.0242. The summed E-state index contributed by atoms with van der Waals surface area (Å²) in [5, 5.41) is 4.05. The van der Waals surface area contributed by atoms with E-state index in [2.05, 4.69) is 15.0 Å². The van der Waals surface area contributed by atoms with Crippen LogP contribution in [0, 0.1) is 0 Å². The quantitative estimate of drug-likeness (QED) is 0.739. The summed E-state index contributed by atoms with van der Waals surface area (Å²) in [6.45, 7) is 1.12. The molecule has 0 bridgehead atoms. The molecule has 8 heteroatoms. The first-order valence-electron chi connectivity index (χ1n) is 7.00. The van der Waals surface area contributed by atoms with Gasteiger partial charge in [0.2, 0.25) is 5.95 Å². The molecule has 0 saturated carbocycles. The molecule has 4 rings (SSSR count). The van der Waals surface area contributed by atoms with E-state index in [0.29, 0.717) is 25.6 Å². The molecule has 1 aliphatic rings. The van der Waals surface area contributed by atoms with Gasteiger partial charge < -0.3 is 9.64 Å². The summed E-state index contributed by atoms with van der Waals surface area (Å²) in [4.78, 5) is 15.3. The molecule has 0 aliphatic carbocycles. The normalized spacial score (nSPS) is 19.0. The average molecular weight is 319 g/mol. The number of morpholine rings is 1. The second-order valence-corrected chi connectivity index (χ2v) is 5.85. The molecule has 3 aromatic rings. The van der Waals surface area contributed by atoms with Crippen molar-refractivity contribution in [3.05, 3.63) is 29.4 Å². The van der Waals surface area contributed by atoms with Crippen molar-refractivity contribution in [2.75, 3.05) is 31.3 Å². The SMILES string of the molecule is FCC1CN(c2ncc3ncn(-c4ccsc4)c3n2)CCO1. The molecular weight excluding hydrogens is 305 g/mol. The molecular formula is C14H14FN5OS. The van der Waals surface area contributed by atoms with Gasteiger partial charge in [0, 0.05) is 18.5 Å². The number of hydrogen-bond acceptors (Lipinski definition) is 6. The molecule has 0 radical (unpaired) electrons. The van der Waals surface area contributed by atoms with Gasteiger partial charge in [0.15, 0.2) is 5.65 Å². The Morgan fingerprint density at radius 1 is 1.41 bits per heavy atom. The van der Waals surface area contributed by atoms with Crippen LogP contribution in [0.2, 0.25) is 0 Å². The van der Waals surface area contributed by atoms with Gasteiger partial charge in [-0.15, -0.1) is 0 Å². The zero-order valence-electron chi connectivity index (χ0n) is 11.7. The predicted octanol–water partition coefficient (Wildman–Crippen LogP) is 2.05. The standard InChI is InChI=1S/C14H14FN5OS/c15-5-11-7-19(2-3-21-11)14-16-6-12-13(18-14)20(9-17-12)10-1-4-22-8-10/h1,4,6,8-9,11H,2-3,5,7H2. The number of fused-ring (bicyclic) bond motifs is 1. The third kappa shape index (κ3) is 2.34. The van der Waals surface area contributed by atoms with Crippen LogP contribution in [0.5, 0.6) is 0 Å². The van der Waals surface area contributed by atoms with Crippen LogP contribution in [0.3, 0.4) is 0 Å². The van der Waals surface area contributed by atoms with Gasteiger partial charge >= 0.3 is 0 Å². The van der Waals surface area contributed by atoms with E-state index in [-0.39, 0.29) is 0 Å². The number of anilines is 1. The summed E-state index contributed by atoms with van der Waals surface area (Å²) in [7, 11) is 0. The van der Waals surface area contributed by atoms with E-state index in [9.17, 15) is 4.39 Å². The zero-order valence-corrected chi connectivity index (χ0v) is 12.5. The Hall–Kier alpha value is -2.06. The van der Waals surface area contributed by atoms with Crippen molar-refractivity contribution in [2.45, 2.75) is 6.10 Å². The second kappa shape index (κ2) is 5.62. The van der Waals surface area contributed by atoms with Gasteiger partial charge in [-0.2, -0.15) is 16.3 Å². The van der Waals surface area contributed by atoms with Crippen molar-refractivity contribution in [2.24, 2.45) is 0 Å². The van der Waals surface area contributed by atoms with Crippen molar-refractivity contribution < 1.29 is 9.13 Å². The lowest BCUT2D eigenvalue weighted by Crippen LogP contribution is -2.44. The zero-order chi connectivity index (χ0) is 14.9. The van der Waals surface area contributed by atoms with E-state index in [4.69, 9.17) is 4.74 Å².